The normalized spacial score (nSPS) is 16.3. The molecule has 9 nitrogen and oxygen atoms in total. The number of carbonyl (C=O) groups excluding carboxylic acids is 3. The molecule has 0 spiro atoms. The minimum Gasteiger partial charge on any atom is -0.356 e. The second-order valence-electron chi connectivity index (χ2n) is 11.7. The summed E-state index contributed by atoms with van der Waals surface area (Å²) in [4.78, 5) is 45.8. The van der Waals surface area contributed by atoms with Gasteiger partial charge in [-0.2, -0.15) is 18.3 Å². The van der Waals surface area contributed by atoms with Crippen molar-refractivity contribution >= 4 is 23.5 Å². The molecule has 1 aliphatic rings. The molecule has 5 rings (SSSR count). The quantitative estimate of drug-likeness (QED) is 0.122. The number of para-hydroxylation sites is 1. The first-order chi connectivity index (χ1) is 23.3. The summed E-state index contributed by atoms with van der Waals surface area (Å²) in [6.07, 6.45) is -3.18. The summed E-state index contributed by atoms with van der Waals surface area (Å²) in [5.41, 5.74) is 0.235. The van der Waals surface area contributed by atoms with E-state index >= 15 is 0 Å². The molecule has 2 N–H and O–H groups in total. The lowest BCUT2D eigenvalue weighted by atomic mass is 9.80. The topological polar surface area (TPSA) is 101 Å². The van der Waals surface area contributed by atoms with Crippen molar-refractivity contribution in [2.45, 2.75) is 45.5 Å². The van der Waals surface area contributed by atoms with Crippen molar-refractivity contribution in [3.8, 4) is 5.69 Å². The van der Waals surface area contributed by atoms with Gasteiger partial charge in [0.25, 0.3) is 11.8 Å². The summed E-state index contributed by atoms with van der Waals surface area (Å²) in [6, 6.07) is 16.7. The average molecular weight is 673 g/mol. The molecule has 3 amide bonds. The van der Waals surface area contributed by atoms with E-state index in [1.807, 2.05) is 13.8 Å². The summed E-state index contributed by atoms with van der Waals surface area (Å²) in [5.74, 6) is -3.45. The lowest BCUT2D eigenvalue weighted by Gasteiger charge is -2.38. The van der Waals surface area contributed by atoms with Gasteiger partial charge in [-0.05, 0) is 60.9 Å². The Labute approximate surface area is 280 Å². The molecule has 3 aromatic carbocycles. The summed E-state index contributed by atoms with van der Waals surface area (Å²) in [7, 11) is 0. The van der Waals surface area contributed by atoms with E-state index in [1.165, 1.54) is 41.3 Å². The molecule has 1 aromatic heterocycles. The van der Waals surface area contributed by atoms with Gasteiger partial charge in [0, 0.05) is 23.6 Å². The summed E-state index contributed by atoms with van der Waals surface area (Å²) in [5, 5.41) is 10.2. The average Bonchev–Trinajstić information content (AvgIpc) is 3.45. The molecule has 49 heavy (non-hydrogen) atoms. The zero-order chi connectivity index (χ0) is 35.5. The fourth-order valence-electron chi connectivity index (χ4n) is 5.78. The van der Waals surface area contributed by atoms with E-state index in [0.717, 1.165) is 12.1 Å². The maximum absolute atomic E-state index is 14.4. The van der Waals surface area contributed by atoms with E-state index in [-0.39, 0.29) is 30.3 Å². The zero-order valence-corrected chi connectivity index (χ0v) is 26.8. The highest BCUT2D eigenvalue weighted by molar-refractivity contribution is 6.05. The Kier molecular flexibility index (Phi) is 9.98. The van der Waals surface area contributed by atoms with Crippen molar-refractivity contribution < 1.29 is 31.9 Å². The van der Waals surface area contributed by atoms with Crippen LogP contribution in [-0.2, 0) is 22.3 Å². The minimum atomic E-state index is -4.70. The number of rotatable bonds is 9. The van der Waals surface area contributed by atoms with Crippen LogP contribution in [0, 0.1) is 18.3 Å². The van der Waals surface area contributed by atoms with Crippen LogP contribution in [0.3, 0.4) is 0 Å². The summed E-state index contributed by atoms with van der Waals surface area (Å²) >= 11 is 0. The molecule has 2 atom stereocenters. The molecule has 0 aliphatic carbocycles. The van der Waals surface area contributed by atoms with Gasteiger partial charge in [0.15, 0.2) is 0 Å². The van der Waals surface area contributed by atoms with Crippen LogP contribution in [0.1, 0.15) is 59.4 Å². The number of alkyl halides is 3. The number of anilines is 1. The van der Waals surface area contributed by atoms with Crippen LogP contribution in [0.25, 0.3) is 10.5 Å². The molecule has 2 heterocycles. The molecule has 1 aliphatic heterocycles. The second kappa shape index (κ2) is 14.1. The van der Waals surface area contributed by atoms with E-state index in [2.05, 4.69) is 15.5 Å². The molecule has 252 valence electrons. The van der Waals surface area contributed by atoms with E-state index in [9.17, 15) is 31.9 Å². The predicted molar refractivity (Wildman–Crippen MR) is 174 cm³/mol. The van der Waals surface area contributed by atoms with E-state index in [1.54, 1.807) is 41.9 Å². The van der Waals surface area contributed by atoms with Gasteiger partial charge < -0.3 is 10.6 Å². The SMILES string of the molecule is [C-]#[N+]/C(=C\C(C)C)C(=O)NCc1nn(-c2ccccc2)c2c1[C@H](c1ccc(F)cc1)[C@H](NC(=O)c1cccc(C(F)(F)F)c1)C(=O)N2CC. The number of nitrogens with one attached hydrogen (secondary N) is 2. The molecule has 0 radical (unpaired) electrons. The number of likely N-dealkylation sites (N-methyl/N-ethyl adjacent to an activating group) is 1. The van der Waals surface area contributed by atoms with Crippen LogP contribution < -0.4 is 15.5 Å². The molecule has 13 heteroatoms. The number of hydrogen-bond acceptors (Lipinski definition) is 4. The number of amides is 3. The number of carbonyl (C=O) groups is 3. The van der Waals surface area contributed by atoms with Gasteiger partial charge in [-0.15, -0.1) is 0 Å². The molecular weight excluding hydrogens is 640 g/mol. The minimum absolute atomic E-state index is 0.0759. The maximum Gasteiger partial charge on any atom is 0.416 e. The van der Waals surface area contributed by atoms with Crippen molar-refractivity contribution in [1.82, 2.24) is 20.4 Å². The third kappa shape index (κ3) is 7.23. The van der Waals surface area contributed by atoms with E-state index < -0.39 is 47.2 Å². The van der Waals surface area contributed by atoms with Crippen LogP contribution in [0.5, 0.6) is 0 Å². The molecular formula is C36H32F4N6O3. The molecule has 0 saturated carbocycles. The van der Waals surface area contributed by atoms with Crippen LogP contribution in [-0.4, -0.2) is 40.1 Å². The van der Waals surface area contributed by atoms with Gasteiger partial charge >= 0.3 is 6.18 Å². The van der Waals surface area contributed by atoms with Crippen LogP contribution in [0.15, 0.2) is 90.6 Å². The summed E-state index contributed by atoms with van der Waals surface area (Å²) in [6.45, 7) is 12.8. The first-order valence-electron chi connectivity index (χ1n) is 15.4. The van der Waals surface area contributed by atoms with Gasteiger partial charge in [-0.25, -0.2) is 13.9 Å². The Morgan fingerprint density at radius 3 is 2.35 bits per heavy atom. The molecule has 4 aromatic rings. The second-order valence-corrected chi connectivity index (χ2v) is 11.7. The Morgan fingerprint density at radius 1 is 1.04 bits per heavy atom. The first-order valence-corrected chi connectivity index (χ1v) is 15.4. The highest BCUT2D eigenvalue weighted by atomic mass is 19.4. The highest BCUT2D eigenvalue weighted by Crippen LogP contribution is 2.44. The van der Waals surface area contributed by atoms with Crippen molar-refractivity contribution in [2.75, 3.05) is 11.4 Å². The van der Waals surface area contributed by atoms with Crippen molar-refractivity contribution in [1.29, 1.82) is 0 Å². The number of hydrogen-bond donors (Lipinski definition) is 2. The number of fused-ring (bicyclic) bond motifs is 1. The number of aromatic nitrogens is 2. The van der Waals surface area contributed by atoms with Gasteiger partial charge in [0.1, 0.15) is 17.7 Å². The standard InChI is InChI=1S/C36H32F4N6O3/c1-5-45-34-30(28(44-46(34)26-12-7-6-8-13-26)20-42-33(48)27(41-4)18-21(2)3)29(22-14-16-25(37)17-15-22)31(35(45)49)43-32(47)23-10-9-11-24(19-23)36(38,39)40/h6-19,21,29,31H,5,20H2,1-3H3,(H,42,48)(H,43,47)/b27-18-/t29-,31-/m0/s1. The smallest absolute Gasteiger partial charge is 0.356 e. The van der Waals surface area contributed by atoms with Gasteiger partial charge in [-0.1, -0.05) is 56.3 Å². The lowest BCUT2D eigenvalue weighted by Crippen LogP contribution is -2.55. The Bertz CT molecular complexity index is 1950. The molecule has 0 fully saturated rings. The third-order valence-corrected chi connectivity index (χ3v) is 7.95. The number of allylic oxidation sites excluding steroid dienone is 1. The Balaban J connectivity index is 1.68. The van der Waals surface area contributed by atoms with Gasteiger partial charge in [-0.3, -0.25) is 19.3 Å². The van der Waals surface area contributed by atoms with Crippen LogP contribution in [0.4, 0.5) is 23.4 Å². The van der Waals surface area contributed by atoms with E-state index in [4.69, 9.17) is 11.7 Å². The maximum atomic E-state index is 14.4. The zero-order valence-electron chi connectivity index (χ0n) is 26.8. The Morgan fingerprint density at radius 2 is 1.73 bits per heavy atom. The molecule has 0 saturated heterocycles. The van der Waals surface area contributed by atoms with E-state index in [0.29, 0.717) is 34.4 Å². The van der Waals surface area contributed by atoms with Crippen molar-refractivity contribution in [3.05, 3.63) is 136 Å². The van der Waals surface area contributed by atoms with Crippen molar-refractivity contribution in [3.63, 3.8) is 0 Å². The predicted octanol–water partition coefficient (Wildman–Crippen LogP) is 6.40. The fourth-order valence-corrected chi connectivity index (χ4v) is 5.78. The highest BCUT2D eigenvalue weighted by Gasteiger charge is 2.46. The monoisotopic (exact) mass is 672 g/mol. The fraction of sp³-hybridized carbons (Fsp3) is 0.250. The summed E-state index contributed by atoms with van der Waals surface area (Å²) < 4.78 is 56.2. The van der Waals surface area contributed by atoms with Crippen LogP contribution in [0.2, 0.25) is 0 Å². The van der Waals surface area contributed by atoms with Gasteiger partial charge in [0.05, 0.1) is 30.1 Å². The molecule has 0 bridgehead atoms. The number of benzene rings is 3. The number of nitrogens with zero attached hydrogens (tertiary/aromatic N) is 4. The number of halogens is 4. The van der Waals surface area contributed by atoms with Crippen molar-refractivity contribution in [2.24, 2.45) is 5.92 Å². The lowest BCUT2D eigenvalue weighted by molar-refractivity contribution is -0.137. The molecule has 0 unspecified atom stereocenters. The van der Waals surface area contributed by atoms with Crippen LogP contribution >= 0.6 is 0 Å². The largest absolute Gasteiger partial charge is 0.416 e. The Hall–Kier alpha value is -5.77. The third-order valence-electron chi connectivity index (χ3n) is 7.95. The van der Waals surface area contributed by atoms with Gasteiger partial charge in [0.2, 0.25) is 11.6 Å². The first kappa shape index (κ1) is 34.6.